The molecule has 0 aromatic heterocycles. The molecule has 104 valence electrons. The number of carbonyl (C=O) groups excluding carboxylic acids is 2. The van der Waals surface area contributed by atoms with Crippen molar-refractivity contribution < 1.29 is 14.3 Å². The number of amides is 1. The van der Waals surface area contributed by atoms with Gasteiger partial charge in [0.05, 0.1) is 13.5 Å². The number of nitrogens with one attached hydrogen (secondary N) is 1. The summed E-state index contributed by atoms with van der Waals surface area (Å²) in [5.74, 6) is -0.634. The van der Waals surface area contributed by atoms with Gasteiger partial charge in [-0.3, -0.25) is 4.79 Å². The third kappa shape index (κ3) is 4.35. The molecule has 19 heavy (non-hydrogen) atoms. The van der Waals surface area contributed by atoms with Crippen LogP contribution < -0.4 is 5.32 Å². The molecule has 1 rings (SSSR count). The Bertz CT molecular complexity index is 476. The van der Waals surface area contributed by atoms with Gasteiger partial charge in [-0.25, -0.2) is 4.79 Å². The first-order valence-corrected chi connectivity index (χ1v) is 6.84. The van der Waals surface area contributed by atoms with Gasteiger partial charge in [0.15, 0.2) is 0 Å². The molecule has 0 spiro atoms. The minimum atomic E-state index is -0.974. The van der Waals surface area contributed by atoms with E-state index in [4.69, 9.17) is 4.74 Å². The van der Waals surface area contributed by atoms with Crippen LogP contribution in [0, 0.1) is 0 Å². The van der Waals surface area contributed by atoms with Crippen molar-refractivity contribution in [2.45, 2.75) is 32.2 Å². The van der Waals surface area contributed by atoms with Gasteiger partial charge in [-0.1, -0.05) is 35.0 Å². The van der Waals surface area contributed by atoms with Gasteiger partial charge in [0, 0.05) is 4.47 Å². The number of benzene rings is 1. The minimum Gasteiger partial charge on any atom is -0.467 e. The van der Waals surface area contributed by atoms with Crippen molar-refractivity contribution >= 4 is 27.8 Å². The summed E-state index contributed by atoms with van der Waals surface area (Å²) < 4.78 is 5.64. The second kappa shape index (κ2) is 6.70. The summed E-state index contributed by atoms with van der Waals surface area (Å²) in [5, 5.41) is 2.73. The van der Waals surface area contributed by atoms with E-state index in [1.165, 1.54) is 7.11 Å². The van der Waals surface area contributed by atoms with E-state index in [2.05, 4.69) is 21.2 Å². The van der Waals surface area contributed by atoms with Crippen LogP contribution >= 0.6 is 15.9 Å². The third-order valence-electron chi connectivity index (χ3n) is 3.01. The number of carbonyl (C=O) groups is 2. The predicted molar refractivity (Wildman–Crippen MR) is 76.7 cm³/mol. The highest BCUT2D eigenvalue weighted by atomic mass is 79.9. The molecule has 4 nitrogen and oxygen atoms in total. The highest BCUT2D eigenvalue weighted by Gasteiger charge is 2.33. The van der Waals surface area contributed by atoms with Gasteiger partial charge in [-0.05, 0) is 31.0 Å². The van der Waals surface area contributed by atoms with Gasteiger partial charge in [0.25, 0.3) is 0 Å². The monoisotopic (exact) mass is 327 g/mol. The number of ether oxygens (including phenoxy) is 1. The van der Waals surface area contributed by atoms with Crippen molar-refractivity contribution in [2.24, 2.45) is 0 Å². The second-order valence-corrected chi connectivity index (χ2v) is 5.45. The van der Waals surface area contributed by atoms with Crippen molar-refractivity contribution in [3.63, 3.8) is 0 Å². The lowest BCUT2D eigenvalue weighted by Crippen LogP contribution is -2.52. The molecule has 0 fully saturated rings. The molecule has 1 N–H and O–H groups in total. The lowest BCUT2D eigenvalue weighted by atomic mass is 9.98. The molecule has 0 aliphatic heterocycles. The number of hydrogen-bond donors (Lipinski definition) is 1. The molecule has 0 aliphatic carbocycles. The summed E-state index contributed by atoms with van der Waals surface area (Å²) in [7, 11) is 1.32. The number of esters is 1. The normalized spacial score (nSPS) is 13.5. The van der Waals surface area contributed by atoms with Gasteiger partial charge >= 0.3 is 5.97 Å². The Morgan fingerprint density at radius 1 is 1.42 bits per heavy atom. The predicted octanol–water partition coefficient (Wildman–Crippen LogP) is 2.45. The molecule has 0 radical (unpaired) electrons. The minimum absolute atomic E-state index is 0.201. The first-order chi connectivity index (χ1) is 8.91. The first kappa shape index (κ1) is 15.7. The van der Waals surface area contributed by atoms with E-state index < -0.39 is 11.5 Å². The van der Waals surface area contributed by atoms with E-state index in [1.807, 2.05) is 31.2 Å². The Hall–Kier alpha value is -1.36. The molecule has 0 aliphatic rings. The molecular weight excluding hydrogens is 310 g/mol. The molecule has 1 amide bonds. The SMILES string of the molecule is CC[C@](C)(NC(=O)Cc1cccc(Br)c1)C(=O)OC. The fraction of sp³-hybridized carbons (Fsp3) is 0.429. The summed E-state index contributed by atoms with van der Waals surface area (Å²) >= 11 is 3.36. The van der Waals surface area contributed by atoms with Gasteiger partial charge in [-0.2, -0.15) is 0 Å². The van der Waals surface area contributed by atoms with E-state index in [1.54, 1.807) is 6.92 Å². The lowest BCUT2D eigenvalue weighted by Gasteiger charge is -2.26. The largest absolute Gasteiger partial charge is 0.467 e. The Morgan fingerprint density at radius 2 is 2.11 bits per heavy atom. The van der Waals surface area contributed by atoms with E-state index in [0.717, 1.165) is 10.0 Å². The highest BCUT2D eigenvalue weighted by molar-refractivity contribution is 9.10. The van der Waals surface area contributed by atoms with Gasteiger partial charge in [0.1, 0.15) is 5.54 Å². The zero-order valence-electron chi connectivity index (χ0n) is 11.3. The summed E-state index contributed by atoms with van der Waals surface area (Å²) in [6.45, 7) is 3.49. The molecular formula is C14H18BrNO3. The average molecular weight is 328 g/mol. The van der Waals surface area contributed by atoms with E-state index >= 15 is 0 Å². The van der Waals surface area contributed by atoms with Crippen LogP contribution in [0.15, 0.2) is 28.7 Å². The summed E-state index contributed by atoms with van der Waals surface area (Å²) in [5.41, 5.74) is -0.0899. The van der Waals surface area contributed by atoms with Crippen LogP contribution in [0.5, 0.6) is 0 Å². The van der Waals surface area contributed by atoms with Gasteiger partial charge < -0.3 is 10.1 Å². The molecule has 1 aromatic carbocycles. The van der Waals surface area contributed by atoms with Crippen LogP contribution in [0.2, 0.25) is 0 Å². The van der Waals surface area contributed by atoms with Crippen molar-refractivity contribution in [1.29, 1.82) is 0 Å². The molecule has 1 atom stereocenters. The van der Waals surface area contributed by atoms with Crippen LogP contribution in [0.4, 0.5) is 0 Å². The van der Waals surface area contributed by atoms with Crippen LogP contribution in [0.1, 0.15) is 25.8 Å². The van der Waals surface area contributed by atoms with Crippen LogP contribution in [0.25, 0.3) is 0 Å². The van der Waals surface area contributed by atoms with Gasteiger partial charge in [-0.15, -0.1) is 0 Å². The Balaban J connectivity index is 2.71. The smallest absolute Gasteiger partial charge is 0.331 e. The average Bonchev–Trinajstić information content (AvgIpc) is 2.37. The number of hydrogen-bond acceptors (Lipinski definition) is 3. The Kier molecular flexibility index (Phi) is 5.54. The Labute approximate surface area is 121 Å². The van der Waals surface area contributed by atoms with Crippen LogP contribution in [-0.4, -0.2) is 24.5 Å². The molecule has 5 heteroatoms. The molecule has 0 saturated carbocycles. The van der Waals surface area contributed by atoms with E-state index in [-0.39, 0.29) is 12.3 Å². The summed E-state index contributed by atoms with van der Waals surface area (Å²) in [6.07, 6.45) is 0.704. The molecule has 0 heterocycles. The fourth-order valence-electron chi connectivity index (χ4n) is 1.69. The van der Waals surface area contributed by atoms with Gasteiger partial charge in [0.2, 0.25) is 5.91 Å². The third-order valence-corrected chi connectivity index (χ3v) is 3.51. The molecule has 1 aromatic rings. The number of rotatable bonds is 5. The first-order valence-electron chi connectivity index (χ1n) is 6.05. The highest BCUT2D eigenvalue weighted by Crippen LogP contribution is 2.14. The van der Waals surface area contributed by atoms with Crippen LogP contribution in [0.3, 0.4) is 0 Å². The maximum Gasteiger partial charge on any atom is 0.331 e. The van der Waals surface area contributed by atoms with Crippen LogP contribution in [-0.2, 0) is 20.7 Å². The summed E-state index contributed by atoms with van der Waals surface area (Å²) in [6, 6.07) is 7.50. The topological polar surface area (TPSA) is 55.4 Å². The van der Waals surface area contributed by atoms with Crippen molar-refractivity contribution in [3.05, 3.63) is 34.3 Å². The van der Waals surface area contributed by atoms with E-state index in [0.29, 0.717) is 6.42 Å². The van der Waals surface area contributed by atoms with Crippen molar-refractivity contribution in [3.8, 4) is 0 Å². The maximum atomic E-state index is 12.0. The standard InChI is InChI=1S/C14H18BrNO3/c1-4-14(2,13(18)19-3)16-12(17)9-10-6-5-7-11(15)8-10/h5-8H,4,9H2,1-3H3,(H,16,17)/t14-/m0/s1. The number of methoxy groups -OCH3 is 1. The van der Waals surface area contributed by atoms with E-state index in [9.17, 15) is 9.59 Å². The number of halogens is 1. The zero-order chi connectivity index (χ0) is 14.5. The fourth-order valence-corrected chi connectivity index (χ4v) is 2.14. The maximum absolute atomic E-state index is 12.0. The Morgan fingerprint density at radius 3 is 2.63 bits per heavy atom. The summed E-state index contributed by atoms with van der Waals surface area (Å²) in [4.78, 5) is 23.6. The lowest BCUT2D eigenvalue weighted by molar-refractivity contribution is -0.150. The zero-order valence-corrected chi connectivity index (χ0v) is 12.9. The molecule has 0 bridgehead atoms. The second-order valence-electron chi connectivity index (χ2n) is 4.53. The quantitative estimate of drug-likeness (QED) is 0.845. The molecule has 0 saturated heterocycles. The van der Waals surface area contributed by atoms with Crippen molar-refractivity contribution in [1.82, 2.24) is 5.32 Å². The molecule has 0 unspecified atom stereocenters. The van der Waals surface area contributed by atoms with Crippen molar-refractivity contribution in [2.75, 3.05) is 7.11 Å².